The monoisotopic (exact) mass is 309 g/mol. The fourth-order valence-corrected chi connectivity index (χ4v) is 4.71. The van der Waals surface area contributed by atoms with E-state index in [1.807, 2.05) is 11.3 Å². The first-order valence-corrected chi connectivity index (χ1v) is 9.23. The van der Waals surface area contributed by atoms with Gasteiger partial charge < -0.3 is 15.0 Å². The minimum atomic E-state index is 0.454. The van der Waals surface area contributed by atoms with E-state index < -0.39 is 0 Å². The molecule has 0 bridgehead atoms. The van der Waals surface area contributed by atoms with Gasteiger partial charge >= 0.3 is 0 Å². The molecule has 1 unspecified atom stereocenters. The van der Waals surface area contributed by atoms with E-state index >= 15 is 0 Å². The molecule has 0 aromatic carbocycles. The Balaban J connectivity index is 1.67. The molecule has 1 aromatic rings. The van der Waals surface area contributed by atoms with Crippen molar-refractivity contribution in [1.82, 2.24) is 10.3 Å². The summed E-state index contributed by atoms with van der Waals surface area (Å²) < 4.78 is 5.74. The van der Waals surface area contributed by atoms with Crippen LogP contribution in [0.2, 0.25) is 0 Å². The van der Waals surface area contributed by atoms with E-state index in [1.54, 1.807) is 0 Å². The number of aryl methyl sites for hydroxylation is 1. The normalized spacial score (nSPS) is 23.3. The number of aromatic nitrogens is 1. The zero-order valence-electron chi connectivity index (χ0n) is 13.2. The maximum Gasteiger partial charge on any atom is 0.185 e. The zero-order valence-corrected chi connectivity index (χ0v) is 14.0. The predicted octanol–water partition coefficient (Wildman–Crippen LogP) is 3.14. The summed E-state index contributed by atoms with van der Waals surface area (Å²) in [4.78, 5) is 8.89. The van der Waals surface area contributed by atoms with Gasteiger partial charge in [-0.2, -0.15) is 0 Å². The largest absolute Gasteiger partial charge is 0.378 e. The van der Waals surface area contributed by atoms with Gasteiger partial charge in [0.15, 0.2) is 5.13 Å². The molecular formula is C16H27N3OS. The Labute approximate surface area is 131 Å². The van der Waals surface area contributed by atoms with Crippen LogP contribution in [-0.2, 0) is 11.2 Å². The number of hydrogen-bond donors (Lipinski definition) is 1. The molecule has 5 heteroatoms. The molecule has 2 aliphatic rings. The van der Waals surface area contributed by atoms with Crippen LogP contribution in [0.3, 0.4) is 0 Å². The molecule has 4 nitrogen and oxygen atoms in total. The summed E-state index contributed by atoms with van der Waals surface area (Å²) in [5.74, 6) is 0. The summed E-state index contributed by atoms with van der Waals surface area (Å²) in [5.41, 5.74) is 1.35. The second-order valence-electron chi connectivity index (χ2n) is 5.95. The molecule has 1 saturated heterocycles. The number of rotatable bonds is 5. The summed E-state index contributed by atoms with van der Waals surface area (Å²) in [6.07, 6.45) is 6.40. The SMILES string of the molecule is CCNC1CCCc2nc(N3CCC(OCC)CC3)sc21. The van der Waals surface area contributed by atoms with Crippen molar-refractivity contribution in [1.29, 1.82) is 0 Å². The van der Waals surface area contributed by atoms with E-state index in [1.165, 1.54) is 28.5 Å². The van der Waals surface area contributed by atoms with Gasteiger partial charge in [-0.3, -0.25) is 0 Å². The highest BCUT2D eigenvalue weighted by Gasteiger charge is 2.27. The number of ether oxygens (including phenoxy) is 1. The van der Waals surface area contributed by atoms with Gasteiger partial charge in [-0.25, -0.2) is 4.98 Å². The Morgan fingerprint density at radius 3 is 2.81 bits per heavy atom. The molecule has 118 valence electrons. The molecule has 0 spiro atoms. The van der Waals surface area contributed by atoms with Gasteiger partial charge in [-0.15, -0.1) is 0 Å². The Hall–Kier alpha value is -0.650. The third-order valence-electron chi connectivity index (χ3n) is 4.50. The standard InChI is InChI=1S/C16H27N3OS/c1-3-17-13-6-5-7-14-15(13)21-16(18-14)19-10-8-12(9-11-19)20-4-2/h12-13,17H,3-11H2,1-2H3. The highest BCUT2D eigenvalue weighted by Crippen LogP contribution is 2.38. The molecule has 1 aliphatic heterocycles. The molecule has 1 fully saturated rings. The Kier molecular flexibility index (Phi) is 5.14. The molecule has 0 amide bonds. The molecular weight excluding hydrogens is 282 g/mol. The molecule has 0 saturated carbocycles. The van der Waals surface area contributed by atoms with E-state index in [-0.39, 0.29) is 0 Å². The van der Waals surface area contributed by atoms with Crippen molar-refractivity contribution < 1.29 is 4.74 Å². The Morgan fingerprint density at radius 1 is 1.29 bits per heavy atom. The van der Waals surface area contributed by atoms with Gasteiger partial charge in [-0.05, 0) is 45.6 Å². The second kappa shape index (κ2) is 7.07. The van der Waals surface area contributed by atoms with Crippen molar-refractivity contribution in [3.8, 4) is 0 Å². The number of piperidine rings is 1. The van der Waals surface area contributed by atoms with Crippen LogP contribution in [0.1, 0.15) is 56.1 Å². The fraction of sp³-hybridized carbons (Fsp3) is 0.812. The number of thiazole rings is 1. The first-order valence-electron chi connectivity index (χ1n) is 8.41. The average Bonchev–Trinajstić information content (AvgIpc) is 2.94. The lowest BCUT2D eigenvalue weighted by Crippen LogP contribution is -2.37. The number of fused-ring (bicyclic) bond motifs is 1. The van der Waals surface area contributed by atoms with Crippen LogP contribution in [-0.4, -0.2) is 37.3 Å². The maximum absolute atomic E-state index is 5.74. The summed E-state index contributed by atoms with van der Waals surface area (Å²) in [6, 6.07) is 0.533. The lowest BCUT2D eigenvalue weighted by molar-refractivity contribution is 0.0459. The Bertz CT molecular complexity index is 454. The van der Waals surface area contributed by atoms with Crippen molar-refractivity contribution in [2.45, 2.75) is 58.1 Å². The van der Waals surface area contributed by atoms with Gasteiger partial charge in [0.1, 0.15) is 0 Å². The van der Waals surface area contributed by atoms with Gasteiger partial charge in [0.05, 0.1) is 11.8 Å². The van der Waals surface area contributed by atoms with E-state index in [2.05, 4.69) is 24.1 Å². The summed E-state index contributed by atoms with van der Waals surface area (Å²) >= 11 is 1.92. The second-order valence-corrected chi connectivity index (χ2v) is 6.96. The quantitative estimate of drug-likeness (QED) is 0.907. The number of anilines is 1. The van der Waals surface area contributed by atoms with Gasteiger partial charge in [0, 0.05) is 30.6 Å². The molecule has 1 aromatic heterocycles. The van der Waals surface area contributed by atoms with Gasteiger partial charge in [-0.1, -0.05) is 18.3 Å². The number of nitrogens with zero attached hydrogens (tertiary/aromatic N) is 2. The molecule has 1 aliphatic carbocycles. The van der Waals surface area contributed by atoms with Crippen molar-refractivity contribution in [3.63, 3.8) is 0 Å². The highest BCUT2D eigenvalue weighted by molar-refractivity contribution is 7.15. The van der Waals surface area contributed by atoms with E-state index in [4.69, 9.17) is 9.72 Å². The first-order chi connectivity index (χ1) is 10.3. The minimum absolute atomic E-state index is 0.454. The van der Waals surface area contributed by atoms with E-state index in [9.17, 15) is 0 Å². The molecule has 21 heavy (non-hydrogen) atoms. The fourth-order valence-electron chi connectivity index (χ4n) is 3.43. The lowest BCUT2D eigenvalue weighted by Gasteiger charge is -2.31. The van der Waals surface area contributed by atoms with Crippen molar-refractivity contribution in [3.05, 3.63) is 10.6 Å². The van der Waals surface area contributed by atoms with Gasteiger partial charge in [0.2, 0.25) is 0 Å². The van der Waals surface area contributed by atoms with Crippen molar-refractivity contribution in [2.24, 2.45) is 0 Å². The van der Waals surface area contributed by atoms with Crippen LogP contribution >= 0.6 is 11.3 Å². The summed E-state index contributed by atoms with van der Waals surface area (Å²) in [6.45, 7) is 8.32. The van der Waals surface area contributed by atoms with Crippen LogP contribution in [0.4, 0.5) is 5.13 Å². The Morgan fingerprint density at radius 2 is 2.10 bits per heavy atom. The molecule has 2 heterocycles. The zero-order chi connectivity index (χ0) is 14.7. The predicted molar refractivity (Wildman–Crippen MR) is 88.3 cm³/mol. The van der Waals surface area contributed by atoms with Crippen LogP contribution in [0, 0.1) is 0 Å². The van der Waals surface area contributed by atoms with Crippen LogP contribution < -0.4 is 10.2 Å². The van der Waals surface area contributed by atoms with Crippen molar-refractivity contribution in [2.75, 3.05) is 31.1 Å². The lowest BCUT2D eigenvalue weighted by atomic mass is 9.98. The van der Waals surface area contributed by atoms with Gasteiger partial charge in [0.25, 0.3) is 0 Å². The summed E-state index contributed by atoms with van der Waals surface area (Å²) in [7, 11) is 0. The molecule has 0 radical (unpaired) electrons. The molecule has 3 rings (SSSR count). The highest BCUT2D eigenvalue weighted by atomic mass is 32.1. The maximum atomic E-state index is 5.74. The van der Waals surface area contributed by atoms with Crippen LogP contribution in [0.5, 0.6) is 0 Å². The third kappa shape index (κ3) is 3.41. The summed E-state index contributed by atoms with van der Waals surface area (Å²) in [5, 5.41) is 4.85. The number of hydrogen-bond acceptors (Lipinski definition) is 5. The average molecular weight is 309 g/mol. The smallest absolute Gasteiger partial charge is 0.185 e. The topological polar surface area (TPSA) is 37.4 Å². The van der Waals surface area contributed by atoms with E-state index in [0.717, 1.165) is 45.5 Å². The number of nitrogens with one attached hydrogen (secondary N) is 1. The molecule has 1 atom stereocenters. The van der Waals surface area contributed by atoms with E-state index in [0.29, 0.717) is 12.1 Å². The first kappa shape index (κ1) is 15.3. The van der Waals surface area contributed by atoms with Crippen LogP contribution in [0.15, 0.2) is 0 Å². The molecule has 1 N–H and O–H groups in total. The minimum Gasteiger partial charge on any atom is -0.378 e. The van der Waals surface area contributed by atoms with Crippen molar-refractivity contribution >= 4 is 16.5 Å². The third-order valence-corrected chi connectivity index (χ3v) is 5.78. The van der Waals surface area contributed by atoms with Crippen LogP contribution in [0.25, 0.3) is 0 Å².